The van der Waals surface area contributed by atoms with E-state index in [1.807, 2.05) is 6.92 Å². The maximum absolute atomic E-state index is 10.2. The monoisotopic (exact) mass is 166 g/mol. The normalized spacial score (nSPS) is 9.00. The van der Waals surface area contributed by atoms with Crippen LogP contribution in [0.15, 0.2) is 0 Å². The fourth-order valence-corrected chi connectivity index (χ4v) is 0.243. The van der Waals surface area contributed by atoms with Crippen molar-refractivity contribution < 1.29 is 19.4 Å². The molecule has 0 saturated heterocycles. The number of carbonyl (C=O) groups is 2. The minimum absolute atomic E-state index is 0.260. The summed E-state index contributed by atoms with van der Waals surface area (Å²) in [6.07, 6.45) is 0.698. The first-order chi connectivity index (χ1) is 4.68. The van der Waals surface area contributed by atoms with Gasteiger partial charge in [-0.3, -0.25) is 9.68 Å². The molecule has 0 aliphatic heterocycles. The summed E-state index contributed by atoms with van der Waals surface area (Å²) in [4.78, 5) is 28.3. The van der Waals surface area contributed by atoms with Crippen LogP contribution in [0.2, 0.25) is 0 Å². The second-order valence-corrected chi connectivity index (χ2v) is 1.81. The highest BCUT2D eigenvalue weighted by Gasteiger charge is 2.11. The summed E-state index contributed by atoms with van der Waals surface area (Å²) in [6, 6.07) is 0. The lowest BCUT2D eigenvalue weighted by Gasteiger charge is -1.96. The van der Waals surface area contributed by atoms with Crippen LogP contribution in [0.1, 0.15) is 13.3 Å². The molecular weight excluding hydrogens is 160 g/mol. The van der Waals surface area contributed by atoms with Crippen LogP contribution >= 0.6 is 11.6 Å². The van der Waals surface area contributed by atoms with Crippen LogP contribution in [0.5, 0.6) is 0 Å². The van der Waals surface area contributed by atoms with Gasteiger partial charge in [0.05, 0.1) is 6.61 Å². The van der Waals surface area contributed by atoms with Gasteiger partial charge in [-0.05, 0) is 18.0 Å². The Morgan fingerprint density at radius 2 is 2.10 bits per heavy atom. The largest absolute Gasteiger partial charge is 0.424 e. The molecule has 0 heterocycles. The van der Waals surface area contributed by atoms with E-state index in [0.29, 0.717) is 6.42 Å². The molecule has 0 amide bonds. The van der Waals surface area contributed by atoms with Crippen molar-refractivity contribution in [1.29, 1.82) is 0 Å². The predicted molar refractivity (Wildman–Crippen MR) is 33.2 cm³/mol. The van der Waals surface area contributed by atoms with Crippen molar-refractivity contribution in [3.05, 3.63) is 0 Å². The molecule has 0 fully saturated rings. The van der Waals surface area contributed by atoms with Gasteiger partial charge in [0.15, 0.2) is 0 Å². The van der Waals surface area contributed by atoms with E-state index in [1.54, 1.807) is 0 Å². The van der Waals surface area contributed by atoms with Gasteiger partial charge in [-0.2, -0.15) is 4.89 Å². The van der Waals surface area contributed by atoms with Crippen LogP contribution in [-0.2, 0) is 19.4 Å². The summed E-state index contributed by atoms with van der Waals surface area (Å²) < 4.78 is 0. The van der Waals surface area contributed by atoms with Crippen LogP contribution < -0.4 is 0 Å². The summed E-state index contributed by atoms with van der Waals surface area (Å²) in [5.74, 6) is -1.19. The summed E-state index contributed by atoms with van der Waals surface area (Å²) in [5.41, 5.74) is 0. The van der Waals surface area contributed by atoms with Crippen molar-refractivity contribution in [2.45, 2.75) is 13.3 Å². The Morgan fingerprint density at radius 3 is 2.50 bits per heavy atom. The van der Waals surface area contributed by atoms with E-state index in [-0.39, 0.29) is 6.61 Å². The number of hydrogen-bond acceptors (Lipinski definition) is 4. The second kappa shape index (κ2) is 5.20. The van der Waals surface area contributed by atoms with Gasteiger partial charge in [0.2, 0.25) is 0 Å². The summed E-state index contributed by atoms with van der Waals surface area (Å²) in [6.45, 7) is 2.09. The number of rotatable bonds is 4. The third kappa shape index (κ3) is 4.29. The van der Waals surface area contributed by atoms with E-state index in [1.165, 1.54) is 0 Å². The molecular formula is C5H7ClO4. The smallest absolute Gasteiger partial charge is 0.288 e. The molecule has 0 radical (unpaired) electrons. The molecule has 0 aliphatic rings. The van der Waals surface area contributed by atoms with Crippen molar-refractivity contribution >= 4 is 22.8 Å². The van der Waals surface area contributed by atoms with E-state index in [0.717, 1.165) is 0 Å². The number of hydrogen-bond donors (Lipinski definition) is 0. The number of carbonyl (C=O) groups excluding carboxylic acids is 2. The van der Waals surface area contributed by atoms with Gasteiger partial charge in [0.1, 0.15) is 0 Å². The van der Waals surface area contributed by atoms with Gasteiger partial charge in [0, 0.05) is 0 Å². The quantitative estimate of drug-likeness (QED) is 0.202. The Bertz CT molecular complexity index is 134. The minimum atomic E-state index is -1.19. The van der Waals surface area contributed by atoms with Crippen LogP contribution in [0, 0.1) is 0 Å². The van der Waals surface area contributed by atoms with Gasteiger partial charge in [-0.25, -0.2) is 4.79 Å². The van der Waals surface area contributed by atoms with E-state index in [2.05, 4.69) is 9.78 Å². The first kappa shape index (κ1) is 9.39. The zero-order chi connectivity index (χ0) is 7.98. The summed E-state index contributed by atoms with van der Waals surface area (Å²) in [5, 5.41) is -1.18. The molecule has 0 rings (SSSR count). The van der Waals surface area contributed by atoms with Crippen LogP contribution in [0.3, 0.4) is 0 Å². The lowest BCUT2D eigenvalue weighted by Crippen LogP contribution is -2.12. The maximum Gasteiger partial charge on any atom is 0.424 e. The SMILES string of the molecule is CCCOOC(=O)C(=O)Cl. The molecule has 0 unspecified atom stereocenters. The molecule has 0 aromatic heterocycles. The van der Waals surface area contributed by atoms with E-state index < -0.39 is 11.2 Å². The molecule has 0 aromatic rings. The Balaban J connectivity index is 3.31. The van der Waals surface area contributed by atoms with E-state index >= 15 is 0 Å². The molecule has 0 saturated carbocycles. The molecule has 0 bridgehead atoms. The van der Waals surface area contributed by atoms with Gasteiger partial charge >= 0.3 is 11.2 Å². The van der Waals surface area contributed by atoms with Crippen molar-refractivity contribution in [3.63, 3.8) is 0 Å². The van der Waals surface area contributed by atoms with Crippen molar-refractivity contribution in [2.24, 2.45) is 0 Å². The fraction of sp³-hybridized carbons (Fsp3) is 0.600. The highest BCUT2D eigenvalue weighted by Crippen LogP contribution is 1.88. The van der Waals surface area contributed by atoms with Crippen LogP contribution in [-0.4, -0.2) is 17.8 Å². The Hall–Kier alpha value is -0.610. The van der Waals surface area contributed by atoms with Crippen molar-refractivity contribution in [3.8, 4) is 0 Å². The first-order valence-electron chi connectivity index (χ1n) is 2.71. The highest BCUT2D eigenvalue weighted by atomic mass is 35.5. The molecule has 0 aliphatic carbocycles. The van der Waals surface area contributed by atoms with Crippen LogP contribution in [0.25, 0.3) is 0 Å². The van der Waals surface area contributed by atoms with Gasteiger partial charge in [-0.1, -0.05) is 6.92 Å². The molecule has 0 aromatic carbocycles. The third-order valence-electron chi connectivity index (χ3n) is 0.583. The summed E-state index contributed by atoms with van der Waals surface area (Å²) >= 11 is 4.71. The molecule has 58 valence electrons. The Morgan fingerprint density at radius 1 is 1.50 bits per heavy atom. The minimum Gasteiger partial charge on any atom is -0.288 e. The molecule has 5 heteroatoms. The van der Waals surface area contributed by atoms with E-state index in [4.69, 9.17) is 11.6 Å². The lowest BCUT2D eigenvalue weighted by atomic mass is 10.5. The topological polar surface area (TPSA) is 52.6 Å². The molecule has 0 atom stereocenters. The molecule has 0 spiro atoms. The van der Waals surface area contributed by atoms with Crippen molar-refractivity contribution in [1.82, 2.24) is 0 Å². The van der Waals surface area contributed by atoms with E-state index in [9.17, 15) is 9.59 Å². The Kier molecular flexibility index (Phi) is 4.88. The zero-order valence-electron chi connectivity index (χ0n) is 5.43. The molecule has 0 N–H and O–H groups in total. The van der Waals surface area contributed by atoms with Gasteiger partial charge in [-0.15, -0.1) is 0 Å². The highest BCUT2D eigenvalue weighted by molar-refractivity contribution is 6.80. The first-order valence-corrected chi connectivity index (χ1v) is 3.09. The lowest BCUT2D eigenvalue weighted by molar-refractivity contribution is -0.268. The fourth-order valence-electron chi connectivity index (χ4n) is 0.211. The van der Waals surface area contributed by atoms with Crippen LogP contribution in [0.4, 0.5) is 0 Å². The average molecular weight is 167 g/mol. The number of halogens is 1. The predicted octanol–water partition coefficient (Wildman–Crippen LogP) is 0.637. The van der Waals surface area contributed by atoms with Crippen molar-refractivity contribution in [2.75, 3.05) is 6.61 Å². The second-order valence-electron chi connectivity index (χ2n) is 1.47. The zero-order valence-corrected chi connectivity index (χ0v) is 6.18. The summed E-state index contributed by atoms with van der Waals surface area (Å²) in [7, 11) is 0. The third-order valence-corrected chi connectivity index (χ3v) is 0.737. The molecule has 10 heavy (non-hydrogen) atoms. The molecule has 4 nitrogen and oxygen atoms in total. The standard InChI is InChI=1S/C5H7ClO4/c1-2-3-9-10-5(8)4(6)7/h2-3H2,1H3. The van der Waals surface area contributed by atoms with Gasteiger partial charge in [0.25, 0.3) is 0 Å². The van der Waals surface area contributed by atoms with Gasteiger partial charge < -0.3 is 0 Å². The average Bonchev–Trinajstić information content (AvgIpc) is 1.88. The maximum atomic E-state index is 10.2. The Labute approximate surface area is 63.0 Å².